The van der Waals surface area contributed by atoms with Crippen LogP contribution in [0.15, 0.2) is 22.9 Å². The molecule has 1 heterocycles. The topological polar surface area (TPSA) is 42.7 Å². The first-order valence-corrected chi connectivity index (χ1v) is 7.42. The minimum atomic E-state index is 0.498. The van der Waals surface area contributed by atoms with Gasteiger partial charge in [0, 0.05) is 11.0 Å². The first kappa shape index (κ1) is 14.6. The molecule has 0 aliphatic rings. The van der Waals surface area contributed by atoms with Crippen LogP contribution in [0.3, 0.4) is 0 Å². The van der Waals surface area contributed by atoms with Crippen LogP contribution in [0.5, 0.6) is 0 Å². The zero-order valence-corrected chi connectivity index (χ0v) is 13.4. The average molecular weight is 364 g/mol. The van der Waals surface area contributed by atoms with Gasteiger partial charge in [0.05, 0.1) is 22.3 Å². The van der Waals surface area contributed by atoms with Crippen LogP contribution < -0.4 is 5.32 Å². The summed E-state index contributed by atoms with van der Waals surface area (Å²) in [6.07, 6.45) is 2.57. The number of benzene rings is 1. The van der Waals surface area contributed by atoms with Gasteiger partial charge in [-0.1, -0.05) is 30.1 Å². The molecule has 4 nitrogen and oxygen atoms in total. The van der Waals surface area contributed by atoms with E-state index in [-0.39, 0.29) is 0 Å². The third kappa shape index (κ3) is 3.41. The van der Waals surface area contributed by atoms with Gasteiger partial charge in [0.15, 0.2) is 0 Å². The number of rotatable bonds is 5. The third-order valence-corrected chi connectivity index (χ3v) is 4.37. The van der Waals surface area contributed by atoms with Gasteiger partial charge in [0.2, 0.25) is 0 Å². The number of aromatic nitrogens is 3. The first-order valence-electron chi connectivity index (χ1n) is 5.87. The van der Waals surface area contributed by atoms with E-state index in [9.17, 15) is 0 Å². The highest BCUT2D eigenvalue weighted by Gasteiger charge is 2.09. The molecule has 19 heavy (non-hydrogen) atoms. The second-order valence-corrected chi connectivity index (χ2v) is 5.59. The zero-order valence-electron chi connectivity index (χ0n) is 10.3. The van der Waals surface area contributed by atoms with E-state index in [2.05, 4.69) is 38.3 Å². The van der Waals surface area contributed by atoms with Crippen molar-refractivity contribution in [3.63, 3.8) is 0 Å². The lowest BCUT2D eigenvalue weighted by Crippen LogP contribution is -2.10. The minimum Gasteiger partial charge on any atom is -0.377 e. The fourth-order valence-electron chi connectivity index (χ4n) is 1.66. The maximum Gasteiger partial charge on any atom is 0.146 e. The molecule has 0 unspecified atom stereocenters. The molecule has 0 aliphatic heterocycles. The van der Waals surface area contributed by atoms with Crippen LogP contribution in [0, 0.1) is 0 Å². The molecule has 102 valence electrons. The second kappa shape index (κ2) is 6.59. The number of anilines is 1. The SMILES string of the molecule is CCCn1ncnc1CNc1ccc(Br)c(Cl)c1Cl. The molecule has 0 aliphatic carbocycles. The van der Waals surface area contributed by atoms with Crippen molar-refractivity contribution in [2.75, 3.05) is 5.32 Å². The van der Waals surface area contributed by atoms with Crippen molar-refractivity contribution in [1.82, 2.24) is 14.8 Å². The van der Waals surface area contributed by atoms with Crippen LogP contribution >= 0.6 is 39.1 Å². The van der Waals surface area contributed by atoms with Gasteiger partial charge in [-0.25, -0.2) is 9.67 Å². The summed E-state index contributed by atoms with van der Waals surface area (Å²) in [5.74, 6) is 0.872. The van der Waals surface area contributed by atoms with Gasteiger partial charge < -0.3 is 5.32 Å². The van der Waals surface area contributed by atoms with Gasteiger partial charge in [-0.2, -0.15) is 5.10 Å². The Morgan fingerprint density at radius 1 is 1.32 bits per heavy atom. The van der Waals surface area contributed by atoms with Crippen molar-refractivity contribution in [1.29, 1.82) is 0 Å². The lowest BCUT2D eigenvalue weighted by molar-refractivity contribution is 0.574. The molecule has 2 rings (SSSR count). The molecule has 0 spiro atoms. The van der Waals surface area contributed by atoms with Crippen molar-refractivity contribution in [3.8, 4) is 0 Å². The Bertz CT molecular complexity index is 571. The molecule has 0 fully saturated rings. The molecular weight excluding hydrogens is 351 g/mol. The number of hydrogen-bond donors (Lipinski definition) is 1. The molecule has 1 N–H and O–H groups in total. The van der Waals surface area contributed by atoms with Gasteiger partial charge in [-0.05, 0) is 34.5 Å². The number of halogens is 3. The molecule has 0 amide bonds. The molecule has 0 bridgehead atoms. The lowest BCUT2D eigenvalue weighted by atomic mass is 10.3. The van der Waals surface area contributed by atoms with Gasteiger partial charge in [0.25, 0.3) is 0 Å². The number of nitrogens with one attached hydrogen (secondary N) is 1. The fourth-order valence-corrected chi connectivity index (χ4v) is 2.50. The quantitative estimate of drug-likeness (QED) is 0.802. The number of aryl methyl sites for hydroxylation is 1. The van der Waals surface area contributed by atoms with Crippen LogP contribution in [-0.2, 0) is 13.1 Å². The molecule has 1 aromatic heterocycles. The van der Waals surface area contributed by atoms with Gasteiger partial charge in [-0.3, -0.25) is 0 Å². The maximum atomic E-state index is 6.17. The highest BCUT2D eigenvalue weighted by Crippen LogP contribution is 2.35. The molecule has 2 aromatic rings. The van der Waals surface area contributed by atoms with Crippen molar-refractivity contribution in [2.45, 2.75) is 26.4 Å². The van der Waals surface area contributed by atoms with E-state index in [4.69, 9.17) is 23.2 Å². The van der Waals surface area contributed by atoms with Crippen molar-refractivity contribution in [2.24, 2.45) is 0 Å². The van der Waals surface area contributed by atoms with Gasteiger partial charge in [0.1, 0.15) is 12.2 Å². The van der Waals surface area contributed by atoms with E-state index in [1.807, 2.05) is 16.8 Å². The summed E-state index contributed by atoms with van der Waals surface area (Å²) in [5.41, 5.74) is 0.779. The van der Waals surface area contributed by atoms with Gasteiger partial charge in [-0.15, -0.1) is 0 Å². The van der Waals surface area contributed by atoms with E-state index in [0.29, 0.717) is 16.6 Å². The summed E-state index contributed by atoms with van der Waals surface area (Å²) >= 11 is 15.6. The Hall–Kier alpha value is -0.780. The number of hydrogen-bond acceptors (Lipinski definition) is 3. The third-order valence-electron chi connectivity index (χ3n) is 2.60. The average Bonchev–Trinajstić information content (AvgIpc) is 2.83. The van der Waals surface area contributed by atoms with Crippen LogP contribution in [-0.4, -0.2) is 14.8 Å². The maximum absolute atomic E-state index is 6.17. The Morgan fingerprint density at radius 2 is 2.11 bits per heavy atom. The molecule has 0 radical (unpaired) electrons. The molecular formula is C12H13BrCl2N4. The standard InChI is InChI=1S/C12H13BrCl2N4/c1-2-5-19-10(17-7-18-19)6-16-9-4-3-8(13)11(14)12(9)15/h3-4,7,16H,2,5-6H2,1H3. The fraction of sp³-hybridized carbons (Fsp3) is 0.333. The Labute approximate surface area is 130 Å². The largest absolute Gasteiger partial charge is 0.377 e. The highest BCUT2D eigenvalue weighted by molar-refractivity contribution is 9.10. The molecule has 0 saturated carbocycles. The Morgan fingerprint density at radius 3 is 2.84 bits per heavy atom. The van der Waals surface area contributed by atoms with Gasteiger partial charge >= 0.3 is 0 Å². The normalized spacial score (nSPS) is 10.7. The summed E-state index contributed by atoms with van der Waals surface area (Å²) < 4.78 is 2.65. The summed E-state index contributed by atoms with van der Waals surface area (Å²) in [6.45, 7) is 3.51. The molecule has 0 atom stereocenters. The summed E-state index contributed by atoms with van der Waals surface area (Å²) in [5, 5.41) is 8.39. The van der Waals surface area contributed by atoms with E-state index < -0.39 is 0 Å². The van der Waals surface area contributed by atoms with Crippen LogP contribution in [0.4, 0.5) is 5.69 Å². The van der Waals surface area contributed by atoms with E-state index in [1.165, 1.54) is 0 Å². The van der Waals surface area contributed by atoms with E-state index >= 15 is 0 Å². The minimum absolute atomic E-state index is 0.498. The molecule has 0 saturated heterocycles. The highest BCUT2D eigenvalue weighted by atomic mass is 79.9. The summed E-state index contributed by atoms with van der Waals surface area (Å²) in [6, 6.07) is 3.73. The lowest BCUT2D eigenvalue weighted by Gasteiger charge is -2.10. The smallest absolute Gasteiger partial charge is 0.146 e. The van der Waals surface area contributed by atoms with E-state index in [0.717, 1.165) is 29.0 Å². The van der Waals surface area contributed by atoms with Crippen LogP contribution in [0.1, 0.15) is 19.2 Å². The monoisotopic (exact) mass is 362 g/mol. The van der Waals surface area contributed by atoms with Crippen molar-refractivity contribution >= 4 is 44.8 Å². The van der Waals surface area contributed by atoms with Crippen molar-refractivity contribution in [3.05, 3.63) is 38.8 Å². The molecule has 1 aromatic carbocycles. The van der Waals surface area contributed by atoms with Crippen LogP contribution in [0.2, 0.25) is 10.0 Å². The van der Waals surface area contributed by atoms with Crippen molar-refractivity contribution < 1.29 is 0 Å². The predicted molar refractivity (Wildman–Crippen MR) is 81.8 cm³/mol. The van der Waals surface area contributed by atoms with E-state index in [1.54, 1.807) is 6.33 Å². The van der Waals surface area contributed by atoms with Crippen LogP contribution in [0.25, 0.3) is 0 Å². The molecule has 7 heteroatoms. The number of nitrogens with zero attached hydrogens (tertiary/aromatic N) is 3. The Balaban J connectivity index is 2.10. The predicted octanol–water partition coefficient (Wildman–Crippen LogP) is 4.37. The summed E-state index contributed by atoms with van der Waals surface area (Å²) in [4.78, 5) is 4.22. The summed E-state index contributed by atoms with van der Waals surface area (Å²) in [7, 11) is 0. The first-order chi connectivity index (χ1) is 9.13. The Kier molecular flexibility index (Phi) is 5.07. The second-order valence-electron chi connectivity index (χ2n) is 3.98. The zero-order chi connectivity index (χ0) is 13.8.